The predicted octanol–water partition coefficient (Wildman–Crippen LogP) is 4.16. The molecule has 2 aromatic carbocycles. The number of nitrogens with zero attached hydrogens (tertiary/aromatic N) is 4. The number of nitrogens with one attached hydrogen (secondary N) is 1. The van der Waals surface area contributed by atoms with E-state index in [0.717, 1.165) is 47.8 Å². The lowest BCUT2D eigenvalue weighted by Gasteiger charge is -2.36. The average Bonchev–Trinajstić information content (AvgIpc) is 3.65. The van der Waals surface area contributed by atoms with E-state index in [1.807, 2.05) is 61.5 Å². The smallest absolute Gasteiger partial charge is 0.247 e. The molecule has 0 bridgehead atoms. The van der Waals surface area contributed by atoms with Gasteiger partial charge < -0.3 is 14.6 Å². The number of furan rings is 1. The third-order valence-corrected chi connectivity index (χ3v) is 6.65. The van der Waals surface area contributed by atoms with Gasteiger partial charge in [-0.3, -0.25) is 9.59 Å². The summed E-state index contributed by atoms with van der Waals surface area (Å²) in [7, 11) is 0. The molecule has 1 atom stereocenters. The van der Waals surface area contributed by atoms with Crippen LogP contribution in [0.1, 0.15) is 48.6 Å². The zero-order chi connectivity index (χ0) is 24.2. The summed E-state index contributed by atoms with van der Waals surface area (Å²) in [6.45, 7) is 2.28. The van der Waals surface area contributed by atoms with Crippen LogP contribution < -0.4 is 5.32 Å². The number of fused-ring (bicyclic) bond motifs is 1. The van der Waals surface area contributed by atoms with E-state index in [1.165, 1.54) is 0 Å². The normalized spacial score (nSPS) is 14.8. The Balaban J connectivity index is 1.48. The molecule has 0 spiro atoms. The molecule has 2 heterocycles. The van der Waals surface area contributed by atoms with Gasteiger partial charge in [-0.25, -0.2) is 4.68 Å². The number of para-hydroxylation sites is 1. The number of aryl methyl sites for hydroxylation is 1. The summed E-state index contributed by atoms with van der Waals surface area (Å²) >= 11 is 0. The van der Waals surface area contributed by atoms with Crippen LogP contribution in [0.3, 0.4) is 0 Å². The second-order valence-corrected chi connectivity index (χ2v) is 9.09. The molecule has 1 aliphatic carbocycles. The Kier molecular flexibility index (Phi) is 6.61. The van der Waals surface area contributed by atoms with E-state index in [9.17, 15) is 9.59 Å². The Labute approximate surface area is 203 Å². The van der Waals surface area contributed by atoms with Crippen molar-refractivity contribution < 1.29 is 14.0 Å². The third-order valence-electron chi connectivity index (χ3n) is 6.65. The molecular formula is C27H29N5O3. The molecule has 1 unspecified atom stereocenters. The van der Waals surface area contributed by atoms with Gasteiger partial charge in [0.05, 0.1) is 18.3 Å². The number of carbonyl (C=O) groups excluding carboxylic acids is 2. The highest BCUT2D eigenvalue weighted by Gasteiger charge is 2.37. The summed E-state index contributed by atoms with van der Waals surface area (Å²) < 4.78 is 7.01. The summed E-state index contributed by atoms with van der Waals surface area (Å²) in [6, 6.07) is 18.2. The van der Waals surface area contributed by atoms with Crippen LogP contribution in [0.2, 0.25) is 0 Å². The SMILES string of the molecule is Cc1ccc(C(C(=O)NCc2ccco2)N(C(=O)Cn2nnc3ccccc32)C2CCCC2)cc1. The fourth-order valence-electron chi connectivity index (χ4n) is 4.86. The van der Waals surface area contributed by atoms with Gasteiger partial charge in [-0.1, -0.05) is 60.0 Å². The molecule has 1 saturated carbocycles. The number of rotatable bonds is 8. The van der Waals surface area contributed by atoms with Crippen molar-refractivity contribution in [3.05, 3.63) is 83.8 Å². The number of hydrogen-bond acceptors (Lipinski definition) is 5. The van der Waals surface area contributed by atoms with Crippen LogP contribution >= 0.6 is 0 Å². The first kappa shape index (κ1) is 22.8. The maximum absolute atomic E-state index is 13.9. The van der Waals surface area contributed by atoms with Gasteiger partial charge in [0.15, 0.2) is 0 Å². The molecule has 1 aliphatic rings. The highest BCUT2D eigenvalue weighted by atomic mass is 16.3. The molecule has 35 heavy (non-hydrogen) atoms. The van der Waals surface area contributed by atoms with E-state index in [4.69, 9.17) is 4.42 Å². The third kappa shape index (κ3) is 4.96. The standard InChI is InChI=1S/C27H29N5O3/c1-19-12-14-20(15-13-19)26(27(34)28-17-22-9-6-16-35-22)32(21-7-2-3-8-21)25(33)18-31-24-11-5-4-10-23(24)29-30-31/h4-6,9-16,21,26H,2-3,7-8,17-18H2,1H3,(H,28,34). The van der Waals surface area contributed by atoms with Gasteiger partial charge in [0, 0.05) is 6.04 Å². The van der Waals surface area contributed by atoms with Crippen LogP contribution in [0, 0.1) is 6.92 Å². The molecule has 8 nitrogen and oxygen atoms in total. The molecule has 1 N–H and O–H groups in total. The van der Waals surface area contributed by atoms with Crippen LogP contribution in [0.4, 0.5) is 0 Å². The largest absolute Gasteiger partial charge is 0.467 e. The van der Waals surface area contributed by atoms with E-state index in [2.05, 4.69) is 15.6 Å². The first-order valence-corrected chi connectivity index (χ1v) is 12.1. The van der Waals surface area contributed by atoms with Crippen LogP contribution in [-0.2, 0) is 22.7 Å². The zero-order valence-electron chi connectivity index (χ0n) is 19.8. The van der Waals surface area contributed by atoms with E-state index in [0.29, 0.717) is 5.76 Å². The minimum atomic E-state index is -0.754. The predicted molar refractivity (Wildman–Crippen MR) is 131 cm³/mol. The van der Waals surface area contributed by atoms with Crippen molar-refractivity contribution >= 4 is 22.8 Å². The van der Waals surface area contributed by atoms with E-state index in [-0.39, 0.29) is 30.9 Å². The van der Waals surface area contributed by atoms with E-state index >= 15 is 0 Å². The molecule has 180 valence electrons. The zero-order valence-corrected chi connectivity index (χ0v) is 19.8. The first-order chi connectivity index (χ1) is 17.1. The van der Waals surface area contributed by atoms with Gasteiger partial charge in [0.25, 0.3) is 0 Å². The fourth-order valence-corrected chi connectivity index (χ4v) is 4.86. The lowest BCUT2D eigenvalue weighted by molar-refractivity contribution is -0.144. The van der Waals surface area contributed by atoms with Gasteiger partial charge in [0.2, 0.25) is 11.8 Å². The lowest BCUT2D eigenvalue weighted by atomic mass is 9.99. The molecule has 2 amide bonds. The van der Waals surface area contributed by atoms with Crippen LogP contribution in [0.25, 0.3) is 11.0 Å². The monoisotopic (exact) mass is 471 g/mol. The number of amides is 2. The number of aromatic nitrogens is 3. The Bertz CT molecular complexity index is 1290. The van der Waals surface area contributed by atoms with E-state index < -0.39 is 6.04 Å². The van der Waals surface area contributed by atoms with Gasteiger partial charge in [-0.05, 0) is 49.6 Å². The van der Waals surface area contributed by atoms with Gasteiger partial charge in [-0.2, -0.15) is 0 Å². The fraction of sp³-hybridized carbons (Fsp3) is 0.333. The molecule has 0 aliphatic heterocycles. The maximum Gasteiger partial charge on any atom is 0.247 e. The second-order valence-electron chi connectivity index (χ2n) is 9.09. The van der Waals surface area contributed by atoms with E-state index in [1.54, 1.807) is 21.9 Å². The minimum absolute atomic E-state index is 0.0158. The second kappa shape index (κ2) is 10.1. The molecular weight excluding hydrogens is 442 g/mol. The molecule has 4 aromatic rings. The van der Waals surface area contributed by atoms with Crippen molar-refractivity contribution in [2.75, 3.05) is 0 Å². The highest BCUT2D eigenvalue weighted by Crippen LogP contribution is 2.32. The molecule has 1 fully saturated rings. The minimum Gasteiger partial charge on any atom is -0.467 e. The summed E-state index contributed by atoms with van der Waals surface area (Å²) in [6.07, 6.45) is 5.40. The Hall–Kier alpha value is -3.94. The van der Waals surface area contributed by atoms with Crippen molar-refractivity contribution in [3.8, 4) is 0 Å². The van der Waals surface area contributed by atoms with Gasteiger partial charge >= 0.3 is 0 Å². The highest BCUT2D eigenvalue weighted by molar-refractivity contribution is 5.89. The molecule has 2 aromatic heterocycles. The lowest BCUT2D eigenvalue weighted by Crippen LogP contribution is -2.49. The molecule has 5 rings (SSSR count). The van der Waals surface area contributed by atoms with Crippen molar-refractivity contribution in [2.24, 2.45) is 0 Å². The average molecular weight is 472 g/mol. The van der Waals surface area contributed by atoms with Crippen molar-refractivity contribution in [3.63, 3.8) is 0 Å². The van der Waals surface area contributed by atoms with Gasteiger partial charge in [0.1, 0.15) is 23.9 Å². The number of hydrogen-bond donors (Lipinski definition) is 1. The van der Waals surface area contributed by atoms with Gasteiger partial charge in [-0.15, -0.1) is 5.10 Å². The van der Waals surface area contributed by atoms with Crippen LogP contribution in [0.15, 0.2) is 71.3 Å². The first-order valence-electron chi connectivity index (χ1n) is 12.1. The number of carbonyl (C=O) groups is 2. The Morgan fingerprint density at radius 2 is 1.86 bits per heavy atom. The summed E-state index contributed by atoms with van der Waals surface area (Å²) in [5.41, 5.74) is 3.41. The number of benzene rings is 2. The topological polar surface area (TPSA) is 93.3 Å². The van der Waals surface area contributed by atoms with Crippen molar-refractivity contribution in [1.29, 1.82) is 0 Å². The summed E-state index contributed by atoms with van der Waals surface area (Å²) in [4.78, 5) is 29.3. The van der Waals surface area contributed by atoms with Crippen LogP contribution in [0.5, 0.6) is 0 Å². The Morgan fingerprint density at radius 1 is 1.09 bits per heavy atom. The summed E-state index contributed by atoms with van der Waals surface area (Å²) in [5, 5.41) is 11.4. The molecule has 0 radical (unpaired) electrons. The molecule has 0 saturated heterocycles. The van der Waals surface area contributed by atoms with Crippen LogP contribution in [-0.4, -0.2) is 37.7 Å². The quantitative estimate of drug-likeness (QED) is 0.417. The Morgan fingerprint density at radius 3 is 2.60 bits per heavy atom. The van der Waals surface area contributed by atoms with Crippen molar-refractivity contribution in [2.45, 2.75) is 57.8 Å². The van der Waals surface area contributed by atoms with Crippen molar-refractivity contribution in [1.82, 2.24) is 25.2 Å². The molecule has 8 heteroatoms. The maximum atomic E-state index is 13.9. The summed E-state index contributed by atoms with van der Waals surface area (Å²) in [5.74, 6) is 0.286.